The molecule has 0 aliphatic carbocycles. The van der Waals surface area contributed by atoms with Crippen molar-refractivity contribution in [2.45, 2.75) is 77.4 Å². The molecule has 1 aromatic carbocycles. The highest BCUT2D eigenvalue weighted by atomic mass is 16.5. The highest BCUT2D eigenvalue weighted by molar-refractivity contribution is 5.95. The van der Waals surface area contributed by atoms with Crippen LogP contribution in [0.5, 0.6) is 11.5 Å². The fourth-order valence-electron chi connectivity index (χ4n) is 4.29. The Bertz CT molecular complexity index is 763. The molecular weight excluding hydrogens is 434 g/mol. The molecule has 0 aromatic heterocycles. The standard InChI is InChI=1S/C26H43N3O5/c1-6-7-13-27-25(30)17-21-10-11-22(18-28-21)29(19(2)3)26(31)20-9-12-23(33-5)24(16-20)34-15-8-14-32-4/h9,12,16,19,21-22,28H,6-8,10-11,13-15,17-18H2,1-5H3,(H,27,30)/t21-,22?/m0/s1. The number of hydrogen-bond acceptors (Lipinski definition) is 6. The minimum Gasteiger partial charge on any atom is -0.493 e. The fraction of sp³-hybridized carbons (Fsp3) is 0.692. The lowest BCUT2D eigenvalue weighted by atomic mass is 9.95. The number of benzene rings is 1. The van der Waals surface area contributed by atoms with Crippen LogP contribution in [0.1, 0.15) is 69.7 Å². The van der Waals surface area contributed by atoms with Gasteiger partial charge < -0.3 is 29.7 Å². The third-order valence-corrected chi connectivity index (χ3v) is 6.12. The molecule has 2 amide bonds. The molecule has 1 saturated heterocycles. The molecule has 8 heteroatoms. The molecular formula is C26H43N3O5. The van der Waals surface area contributed by atoms with Crippen molar-refractivity contribution in [3.63, 3.8) is 0 Å². The number of carbonyl (C=O) groups excluding carboxylic acids is 2. The number of nitrogens with one attached hydrogen (secondary N) is 2. The number of nitrogens with zero attached hydrogens (tertiary/aromatic N) is 1. The number of piperidine rings is 1. The van der Waals surface area contributed by atoms with Crippen LogP contribution >= 0.6 is 0 Å². The molecule has 2 atom stereocenters. The monoisotopic (exact) mass is 477 g/mol. The maximum Gasteiger partial charge on any atom is 0.254 e. The quantitative estimate of drug-likeness (QED) is 0.399. The molecule has 1 aromatic rings. The molecule has 0 saturated carbocycles. The minimum absolute atomic E-state index is 0.0260. The predicted octanol–water partition coefficient (Wildman–Crippen LogP) is 3.39. The van der Waals surface area contributed by atoms with Crippen molar-refractivity contribution < 1.29 is 23.8 Å². The van der Waals surface area contributed by atoms with Gasteiger partial charge in [0.25, 0.3) is 5.91 Å². The van der Waals surface area contributed by atoms with Crippen molar-refractivity contribution in [1.82, 2.24) is 15.5 Å². The van der Waals surface area contributed by atoms with Gasteiger partial charge in [0.1, 0.15) is 0 Å². The van der Waals surface area contributed by atoms with Crippen molar-refractivity contribution in [2.75, 3.05) is 40.5 Å². The second kappa shape index (κ2) is 14.8. The predicted molar refractivity (Wildman–Crippen MR) is 134 cm³/mol. The molecule has 8 nitrogen and oxygen atoms in total. The zero-order chi connectivity index (χ0) is 24.9. The van der Waals surface area contributed by atoms with E-state index in [1.165, 1.54) is 0 Å². The highest BCUT2D eigenvalue weighted by Crippen LogP contribution is 2.30. The second-order valence-corrected chi connectivity index (χ2v) is 9.11. The van der Waals surface area contributed by atoms with Crippen molar-refractivity contribution in [1.29, 1.82) is 0 Å². The van der Waals surface area contributed by atoms with E-state index in [1.54, 1.807) is 32.4 Å². The number of methoxy groups -OCH3 is 2. The molecule has 1 aliphatic heterocycles. The Morgan fingerprint density at radius 3 is 2.56 bits per heavy atom. The second-order valence-electron chi connectivity index (χ2n) is 9.11. The van der Waals surface area contributed by atoms with E-state index in [9.17, 15) is 9.59 Å². The first-order chi connectivity index (χ1) is 16.4. The Labute approximate surface area is 204 Å². The van der Waals surface area contributed by atoms with E-state index >= 15 is 0 Å². The van der Waals surface area contributed by atoms with Gasteiger partial charge in [-0.05, 0) is 51.3 Å². The number of carbonyl (C=O) groups is 2. The molecule has 1 heterocycles. The molecule has 1 unspecified atom stereocenters. The van der Waals surface area contributed by atoms with E-state index in [0.29, 0.717) is 43.2 Å². The van der Waals surface area contributed by atoms with Crippen LogP contribution in [0.2, 0.25) is 0 Å². The smallest absolute Gasteiger partial charge is 0.254 e. The van der Waals surface area contributed by atoms with Gasteiger partial charge in [-0.15, -0.1) is 0 Å². The third-order valence-electron chi connectivity index (χ3n) is 6.12. The summed E-state index contributed by atoms with van der Waals surface area (Å²) in [5.41, 5.74) is 0.577. The van der Waals surface area contributed by atoms with E-state index in [-0.39, 0.29) is 29.9 Å². The van der Waals surface area contributed by atoms with Crippen LogP contribution in [0, 0.1) is 0 Å². The van der Waals surface area contributed by atoms with Crippen LogP contribution < -0.4 is 20.1 Å². The van der Waals surface area contributed by atoms with E-state index in [4.69, 9.17) is 14.2 Å². The number of hydrogen-bond donors (Lipinski definition) is 2. The zero-order valence-corrected chi connectivity index (χ0v) is 21.5. The summed E-state index contributed by atoms with van der Waals surface area (Å²) >= 11 is 0. The SMILES string of the molecule is CCCCNC(=O)C[C@@H]1CCC(N(C(=O)c2ccc(OC)c(OCCCOC)c2)C(C)C)CN1. The van der Waals surface area contributed by atoms with Crippen molar-refractivity contribution >= 4 is 11.8 Å². The van der Waals surface area contributed by atoms with Gasteiger partial charge in [0.05, 0.1) is 13.7 Å². The van der Waals surface area contributed by atoms with Crippen LogP contribution in [0.25, 0.3) is 0 Å². The van der Waals surface area contributed by atoms with E-state index in [1.807, 2.05) is 18.7 Å². The maximum absolute atomic E-state index is 13.5. The maximum atomic E-state index is 13.5. The van der Waals surface area contributed by atoms with Gasteiger partial charge >= 0.3 is 0 Å². The van der Waals surface area contributed by atoms with Gasteiger partial charge in [-0.2, -0.15) is 0 Å². The Hall–Kier alpha value is -2.32. The topological polar surface area (TPSA) is 89.1 Å². The summed E-state index contributed by atoms with van der Waals surface area (Å²) in [6, 6.07) is 5.60. The van der Waals surface area contributed by atoms with Gasteiger partial charge in [0.2, 0.25) is 5.91 Å². The summed E-state index contributed by atoms with van der Waals surface area (Å²) in [4.78, 5) is 27.6. The summed E-state index contributed by atoms with van der Waals surface area (Å²) in [5, 5.41) is 6.48. The van der Waals surface area contributed by atoms with Gasteiger partial charge in [-0.25, -0.2) is 0 Å². The average molecular weight is 478 g/mol. The zero-order valence-electron chi connectivity index (χ0n) is 21.5. The first-order valence-electron chi connectivity index (χ1n) is 12.5. The first kappa shape index (κ1) is 27.9. The lowest BCUT2D eigenvalue weighted by Gasteiger charge is -2.40. The molecule has 0 radical (unpaired) electrons. The molecule has 2 rings (SSSR count). The minimum atomic E-state index is -0.0260. The molecule has 1 aliphatic rings. The summed E-state index contributed by atoms with van der Waals surface area (Å²) in [7, 11) is 3.25. The molecule has 2 N–H and O–H groups in total. The Morgan fingerprint density at radius 2 is 1.94 bits per heavy atom. The van der Waals surface area contributed by atoms with E-state index < -0.39 is 0 Å². The van der Waals surface area contributed by atoms with Crippen LogP contribution in [0.4, 0.5) is 0 Å². The average Bonchev–Trinajstić information content (AvgIpc) is 2.83. The first-order valence-corrected chi connectivity index (χ1v) is 12.5. The highest BCUT2D eigenvalue weighted by Gasteiger charge is 2.31. The number of unbranched alkanes of at least 4 members (excludes halogenated alkanes) is 1. The summed E-state index contributed by atoms with van der Waals surface area (Å²) in [5.74, 6) is 1.23. The van der Waals surface area contributed by atoms with Gasteiger partial charge in [-0.1, -0.05) is 13.3 Å². The Balaban J connectivity index is 2.01. The lowest BCUT2D eigenvalue weighted by Crippen LogP contribution is -2.54. The largest absolute Gasteiger partial charge is 0.493 e. The summed E-state index contributed by atoms with van der Waals surface area (Å²) in [6.45, 7) is 8.69. The number of ether oxygens (including phenoxy) is 3. The number of amides is 2. The molecule has 34 heavy (non-hydrogen) atoms. The van der Waals surface area contributed by atoms with E-state index in [2.05, 4.69) is 17.6 Å². The summed E-state index contributed by atoms with van der Waals surface area (Å²) < 4.78 is 16.4. The third kappa shape index (κ3) is 8.47. The van der Waals surface area contributed by atoms with Gasteiger partial charge in [0.15, 0.2) is 11.5 Å². The Morgan fingerprint density at radius 1 is 1.15 bits per heavy atom. The molecule has 0 bridgehead atoms. The normalized spacial score (nSPS) is 17.9. The fourth-order valence-corrected chi connectivity index (χ4v) is 4.29. The van der Waals surface area contributed by atoms with Crippen LogP contribution in [0.3, 0.4) is 0 Å². The van der Waals surface area contributed by atoms with Crippen molar-refractivity contribution in [2.24, 2.45) is 0 Å². The van der Waals surface area contributed by atoms with Crippen LogP contribution in [-0.2, 0) is 9.53 Å². The lowest BCUT2D eigenvalue weighted by molar-refractivity contribution is -0.121. The van der Waals surface area contributed by atoms with Crippen LogP contribution in [0.15, 0.2) is 18.2 Å². The van der Waals surface area contributed by atoms with Crippen molar-refractivity contribution in [3.05, 3.63) is 23.8 Å². The molecule has 1 fully saturated rings. The number of rotatable bonds is 14. The van der Waals surface area contributed by atoms with Gasteiger partial charge in [-0.3, -0.25) is 9.59 Å². The van der Waals surface area contributed by atoms with Crippen LogP contribution in [-0.4, -0.2) is 75.4 Å². The molecule has 192 valence electrons. The molecule has 0 spiro atoms. The van der Waals surface area contributed by atoms with Gasteiger partial charge in [0, 0.05) is 63.3 Å². The summed E-state index contributed by atoms with van der Waals surface area (Å²) in [6.07, 6.45) is 5.02. The Kier molecular flexibility index (Phi) is 12.2. The van der Waals surface area contributed by atoms with E-state index in [0.717, 1.165) is 38.6 Å². The van der Waals surface area contributed by atoms with Crippen molar-refractivity contribution in [3.8, 4) is 11.5 Å².